The van der Waals surface area contributed by atoms with Crippen molar-refractivity contribution in [1.82, 2.24) is 9.55 Å². The van der Waals surface area contributed by atoms with E-state index in [-0.39, 0.29) is 5.69 Å². The Hall–Kier alpha value is -2.31. The molecule has 0 aliphatic heterocycles. The first-order chi connectivity index (χ1) is 8.38. The minimum absolute atomic E-state index is 0.0970. The van der Waals surface area contributed by atoms with Crippen LogP contribution in [0.1, 0.15) is 15.9 Å². The van der Waals surface area contributed by atoms with Crippen molar-refractivity contribution in [1.29, 1.82) is 0 Å². The van der Waals surface area contributed by atoms with Gasteiger partial charge in [0.05, 0.1) is 17.5 Å². The number of benzene rings is 1. The number of carboxylic acid groups (broad SMARTS) is 1. The number of alkyl halides is 3. The Kier molecular flexibility index (Phi) is 2.82. The van der Waals surface area contributed by atoms with E-state index in [0.717, 1.165) is 12.1 Å². The summed E-state index contributed by atoms with van der Waals surface area (Å²) in [6.07, 6.45) is -0.482. The third-order valence-electron chi connectivity index (χ3n) is 2.29. The summed E-state index contributed by atoms with van der Waals surface area (Å²) in [5, 5.41) is 8.80. The molecule has 4 nitrogen and oxygen atoms in total. The number of hydrogen-bond acceptors (Lipinski definition) is 2. The minimum Gasteiger partial charge on any atom is -0.478 e. The monoisotopic (exact) mass is 256 g/mol. The summed E-state index contributed by atoms with van der Waals surface area (Å²) in [6.45, 7) is 0. The van der Waals surface area contributed by atoms with Gasteiger partial charge >= 0.3 is 12.1 Å². The summed E-state index contributed by atoms with van der Waals surface area (Å²) >= 11 is 0. The molecule has 1 N–H and O–H groups in total. The first-order valence-corrected chi connectivity index (χ1v) is 4.82. The standard InChI is InChI=1S/C11H7F3N2O2/c12-11(13,14)8-3-7(10(17)18)4-9(5-8)16-2-1-15-6-16/h1-6H,(H,17,18). The molecule has 0 amide bonds. The van der Waals surface area contributed by atoms with Crippen LogP contribution in [0.3, 0.4) is 0 Å². The van der Waals surface area contributed by atoms with Crippen molar-refractivity contribution in [2.75, 3.05) is 0 Å². The Morgan fingerprint density at radius 1 is 1.28 bits per heavy atom. The number of aromatic nitrogens is 2. The molecule has 7 heteroatoms. The van der Waals surface area contributed by atoms with Crippen LogP contribution in [0, 0.1) is 0 Å². The van der Waals surface area contributed by atoms with Crippen LogP contribution in [-0.2, 0) is 6.18 Å². The highest BCUT2D eigenvalue weighted by molar-refractivity contribution is 5.88. The number of rotatable bonds is 2. The number of hydrogen-bond donors (Lipinski definition) is 1. The maximum Gasteiger partial charge on any atom is 0.416 e. The van der Waals surface area contributed by atoms with E-state index in [0.29, 0.717) is 6.07 Å². The molecule has 18 heavy (non-hydrogen) atoms. The Bertz CT molecular complexity index is 576. The minimum atomic E-state index is -4.60. The van der Waals surface area contributed by atoms with Gasteiger partial charge in [0.1, 0.15) is 0 Å². The SMILES string of the molecule is O=C(O)c1cc(-n2ccnc2)cc(C(F)(F)F)c1. The number of halogens is 3. The molecule has 0 saturated carbocycles. The van der Waals surface area contributed by atoms with Gasteiger partial charge in [-0.2, -0.15) is 13.2 Å². The quantitative estimate of drug-likeness (QED) is 0.898. The Labute approximate surface area is 99.3 Å². The molecule has 0 fully saturated rings. The van der Waals surface area contributed by atoms with Gasteiger partial charge in [0.15, 0.2) is 0 Å². The van der Waals surface area contributed by atoms with Crippen molar-refractivity contribution in [3.8, 4) is 5.69 Å². The maximum atomic E-state index is 12.6. The van der Waals surface area contributed by atoms with Crippen molar-refractivity contribution in [3.05, 3.63) is 48.0 Å². The normalized spacial score (nSPS) is 11.5. The summed E-state index contributed by atoms with van der Waals surface area (Å²) in [5.74, 6) is -1.41. The maximum absolute atomic E-state index is 12.6. The van der Waals surface area contributed by atoms with E-state index in [1.165, 1.54) is 23.3 Å². The molecule has 1 heterocycles. The lowest BCUT2D eigenvalue weighted by atomic mass is 10.1. The van der Waals surface area contributed by atoms with E-state index in [9.17, 15) is 18.0 Å². The first kappa shape index (κ1) is 12.2. The Morgan fingerprint density at radius 2 is 2.00 bits per heavy atom. The highest BCUT2D eigenvalue weighted by Gasteiger charge is 2.32. The van der Waals surface area contributed by atoms with Gasteiger partial charge in [0, 0.05) is 18.1 Å². The molecule has 2 aromatic rings. The highest BCUT2D eigenvalue weighted by Crippen LogP contribution is 2.31. The zero-order valence-corrected chi connectivity index (χ0v) is 8.85. The van der Waals surface area contributed by atoms with E-state index in [1.807, 2.05) is 0 Å². The van der Waals surface area contributed by atoms with Gasteiger partial charge in [-0.25, -0.2) is 9.78 Å². The average Bonchev–Trinajstić information content (AvgIpc) is 2.80. The summed E-state index contributed by atoms with van der Waals surface area (Å²) in [5.41, 5.74) is -1.33. The molecule has 0 aliphatic carbocycles. The number of carboxylic acids is 1. The van der Waals surface area contributed by atoms with E-state index >= 15 is 0 Å². The van der Waals surface area contributed by atoms with Crippen molar-refractivity contribution < 1.29 is 23.1 Å². The van der Waals surface area contributed by atoms with Crippen LogP contribution in [0.2, 0.25) is 0 Å². The zero-order chi connectivity index (χ0) is 13.3. The fourth-order valence-corrected chi connectivity index (χ4v) is 1.46. The summed E-state index contributed by atoms with van der Waals surface area (Å²) in [7, 11) is 0. The lowest BCUT2D eigenvalue weighted by Gasteiger charge is -2.11. The van der Waals surface area contributed by atoms with E-state index in [1.54, 1.807) is 0 Å². The zero-order valence-electron chi connectivity index (χ0n) is 8.85. The van der Waals surface area contributed by atoms with Crippen LogP contribution in [0.15, 0.2) is 36.9 Å². The van der Waals surface area contributed by atoms with Gasteiger partial charge in [-0.1, -0.05) is 0 Å². The van der Waals surface area contributed by atoms with Crippen molar-refractivity contribution in [2.45, 2.75) is 6.18 Å². The van der Waals surface area contributed by atoms with Gasteiger partial charge in [-0.3, -0.25) is 0 Å². The van der Waals surface area contributed by atoms with E-state index < -0.39 is 23.3 Å². The molecule has 0 aliphatic rings. The van der Waals surface area contributed by atoms with E-state index in [4.69, 9.17) is 5.11 Å². The average molecular weight is 256 g/mol. The van der Waals surface area contributed by atoms with Gasteiger partial charge in [0.2, 0.25) is 0 Å². The number of nitrogens with zero attached hydrogens (tertiary/aromatic N) is 2. The molecular formula is C11H7F3N2O2. The number of imidazole rings is 1. The number of aromatic carboxylic acids is 1. The molecule has 0 radical (unpaired) electrons. The predicted molar refractivity (Wildman–Crippen MR) is 55.5 cm³/mol. The second-order valence-corrected chi connectivity index (χ2v) is 3.54. The third kappa shape index (κ3) is 2.34. The largest absolute Gasteiger partial charge is 0.478 e. The van der Waals surface area contributed by atoms with Gasteiger partial charge in [-0.15, -0.1) is 0 Å². The van der Waals surface area contributed by atoms with Crippen LogP contribution >= 0.6 is 0 Å². The number of carbonyl (C=O) groups is 1. The molecule has 0 saturated heterocycles. The molecule has 2 rings (SSSR count). The van der Waals surface area contributed by atoms with Crippen LogP contribution in [0.25, 0.3) is 5.69 Å². The molecule has 0 atom stereocenters. The second-order valence-electron chi connectivity index (χ2n) is 3.54. The fraction of sp³-hybridized carbons (Fsp3) is 0.0909. The molecular weight excluding hydrogens is 249 g/mol. The molecule has 0 spiro atoms. The molecule has 1 aromatic carbocycles. The first-order valence-electron chi connectivity index (χ1n) is 4.82. The van der Waals surface area contributed by atoms with E-state index in [2.05, 4.69) is 4.98 Å². The molecule has 0 bridgehead atoms. The molecule has 0 unspecified atom stereocenters. The van der Waals surface area contributed by atoms with Crippen molar-refractivity contribution >= 4 is 5.97 Å². The van der Waals surface area contributed by atoms with Crippen LogP contribution in [0.4, 0.5) is 13.2 Å². The van der Waals surface area contributed by atoms with Crippen molar-refractivity contribution in [2.24, 2.45) is 0 Å². The van der Waals surface area contributed by atoms with Crippen molar-refractivity contribution in [3.63, 3.8) is 0 Å². The Balaban J connectivity index is 2.61. The highest BCUT2D eigenvalue weighted by atomic mass is 19.4. The third-order valence-corrected chi connectivity index (χ3v) is 2.29. The molecule has 1 aromatic heterocycles. The second kappa shape index (κ2) is 4.17. The lowest BCUT2D eigenvalue weighted by Crippen LogP contribution is -2.09. The summed E-state index contributed by atoms with van der Waals surface area (Å²) < 4.78 is 39.2. The van der Waals surface area contributed by atoms with Crippen LogP contribution in [0.5, 0.6) is 0 Å². The summed E-state index contributed by atoms with van der Waals surface area (Å²) in [6, 6.07) is 2.62. The predicted octanol–water partition coefficient (Wildman–Crippen LogP) is 2.59. The lowest BCUT2D eigenvalue weighted by molar-refractivity contribution is -0.137. The fourth-order valence-electron chi connectivity index (χ4n) is 1.46. The smallest absolute Gasteiger partial charge is 0.416 e. The van der Waals surface area contributed by atoms with Gasteiger partial charge in [0.25, 0.3) is 0 Å². The molecule has 94 valence electrons. The van der Waals surface area contributed by atoms with Gasteiger partial charge < -0.3 is 9.67 Å². The Morgan fingerprint density at radius 3 is 2.50 bits per heavy atom. The topological polar surface area (TPSA) is 55.1 Å². The summed E-state index contributed by atoms with van der Waals surface area (Å²) in [4.78, 5) is 14.5. The van der Waals surface area contributed by atoms with Crippen LogP contribution in [-0.4, -0.2) is 20.6 Å². The van der Waals surface area contributed by atoms with Crippen LogP contribution < -0.4 is 0 Å². The van der Waals surface area contributed by atoms with Gasteiger partial charge in [-0.05, 0) is 18.2 Å².